The first-order chi connectivity index (χ1) is 10.5. The van der Waals surface area contributed by atoms with Crippen molar-refractivity contribution >= 4 is 33.8 Å². The third kappa shape index (κ3) is 5.84. The maximum Gasteiger partial charge on any atom is 0.240 e. The predicted octanol–water partition coefficient (Wildman–Crippen LogP) is 1.93. The van der Waals surface area contributed by atoms with Gasteiger partial charge in [-0.2, -0.15) is 0 Å². The van der Waals surface area contributed by atoms with Crippen LogP contribution < -0.4 is 21.1 Å². The summed E-state index contributed by atoms with van der Waals surface area (Å²) in [6, 6.07) is 5.32. The zero-order valence-electron chi connectivity index (χ0n) is 13.5. The van der Waals surface area contributed by atoms with E-state index in [4.69, 9.17) is 5.73 Å². The molecule has 0 aromatic heterocycles. The van der Waals surface area contributed by atoms with Gasteiger partial charge in [-0.15, -0.1) is 12.4 Å². The monoisotopic (exact) mass is 362 g/mol. The molecular weight excluding hydrogens is 336 g/mol. The minimum absolute atomic E-state index is 0. The Morgan fingerprint density at radius 1 is 1.17 bits per heavy atom. The number of nitrogens with one attached hydrogen (secondary N) is 3. The van der Waals surface area contributed by atoms with Crippen molar-refractivity contribution in [2.45, 2.75) is 43.0 Å². The van der Waals surface area contributed by atoms with Crippen LogP contribution in [0.3, 0.4) is 0 Å². The second-order valence-electron chi connectivity index (χ2n) is 5.73. The maximum absolute atomic E-state index is 12.1. The van der Waals surface area contributed by atoms with Crippen LogP contribution in [-0.2, 0) is 10.0 Å². The summed E-state index contributed by atoms with van der Waals surface area (Å²) in [5.41, 5.74) is 7.32. The van der Waals surface area contributed by atoms with Gasteiger partial charge in [0.1, 0.15) is 0 Å². The second kappa shape index (κ2) is 9.32. The van der Waals surface area contributed by atoms with Crippen LogP contribution in [0, 0.1) is 0 Å². The number of anilines is 2. The van der Waals surface area contributed by atoms with E-state index in [-0.39, 0.29) is 17.3 Å². The highest BCUT2D eigenvalue weighted by molar-refractivity contribution is 7.89. The van der Waals surface area contributed by atoms with Gasteiger partial charge in [0.2, 0.25) is 10.0 Å². The van der Waals surface area contributed by atoms with Crippen molar-refractivity contribution in [3.8, 4) is 0 Å². The van der Waals surface area contributed by atoms with E-state index < -0.39 is 10.0 Å². The highest BCUT2D eigenvalue weighted by atomic mass is 35.5. The van der Waals surface area contributed by atoms with Gasteiger partial charge < -0.3 is 16.4 Å². The Balaban J connectivity index is 0.00000264. The van der Waals surface area contributed by atoms with Crippen molar-refractivity contribution in [1.29, 1.82) is 0 Å². The minimum atomic E-state index is -3.50. The molecule has 0 unspecified atom stereocenters. The number of likely N-dealkylation sites (N-methyl/N-ethyl adjacent to an activating group) is 1. The van der Waals surface area contributed by atoms with E-state index >= 15 is 0 Å². The van der Waals surface area contributed by atoms with Gasteiger partial charge in [0, 0.05) is 19.1 Å². The van der Waals surface area contributed by atoms with Gasteiger partial charge in [-0.1, -0.05) is 19.3 Å². The molecule has 1 aromatic rings. The fourth-order valence-electron chi connectivity index (χ4n) is 2.70. The van der Waals surface area contributed by atoms with Crippen molar-refractivity contribution in [2.24, 2.45) is 0 Å². The lowest BCUT2D eigenvalue weighted by molar-refractivity contribution is 0.463. The average molecular weight is 363 g/mol. The highest BCUT2D eigenvalue weighted by Crippen LogP contribution is 2.27. The number of nitrogen functional groups attached to an aromatic ring is 1. The predicted molar refractivity (Wildman–Crippen MR) is 97.7 cm³/mol. The van der Waals surface area contributed by atoms with Crippen LogP contribution in [0.25, 0.3) is 0 Å². The van der Waals surface area contributed by atoms with Gasteiger partial charge in [-0.25, -0.2) is 13.1 Å². The SMILES string of the molecule is CNCCNS(=O)(=O)c1ccc(NC2CCCCC2)c(N)c1.Cl. The number of nitrogens with two attached hydrogens (primary N) is 1. The fourth-order valence-corrected chi connectivity index (χ4v) is 3.77. The zero-order chi connectivity index (χ0) is 16.0. The van der Waals surface area contributed by atoms with E-state index in [0.29, 0.717) is 24.8 Å². The fraction of sp³-hybridized carbons (Fsp3) is 0.600. The van der Waals surface area contributed by atoms with Gasteiger partial charge in [0.25, 0.3) is 0 Å². The van der Waals surface area contributed by atoms with Crippen LogP contribution in [0.2, 0.25) is 0 Å². The summed E-state index contributed by atoms with van der Waals surface area (Å²) in [5, 5.41) is 6.33. The van der Waals surface area contributed by atoms with Crippen molar-refractivity contribution < 1.29 is 8.42 Å². The molecule has 0 heterocycles. The molecule has 2 rings (SSSR count). The Kier molecular flexibility index (Phi) is 8.11. The van der Waals surface area contributed by atoms with E-state index in [9.17, 15) is 8.42 Å². The summed E-state index contributed by atoms with van der Waals surface area (Å²) in [7, 11) is -1.73. The van der Waals surface area contributed by atoms with E-state index in [1.54, 1.807) is 19.2 Å². The molecular formula is C15H27ClN4O2S. The molecule has 0 saturated heterocycles. The van der Waals surface area contributed by atoms with E-state index in [1.165, 1.54) is 25.3 Å². The van der Waals surface area contributed by atoms with Crippen LogP contribution in [-0.4, -0.2) is 34.6 Å². The average Bonchev–Trinajstić information content (AvgIpc) is 2.50. The largest absolute Gasteiger partial charge is 0.397 e. The summed E-state index contributed by atoms with van der Waals surface area (Å²) in [5.74, 6) is 0. The van der Waals surface area contributed by atoms with E-state index in [0.717, 1.165) is 18.5 Å². The number of benzene rings is 1. The Labute approximate surface area is 145 Å². The third-order valence-corrected chi connectivity index (χ3v) is 5.42. The Bertz CT molecular complexity index is 589. The summed E-state index contributed by atoms with van der Waals surface area (Å²) >= 11 is 0. The molecule has 0 atom stereocenters. The summed E-state index contributed by atoms with van der Waals surface area (Å²) in [6.45, 7) is 0.927. The molecule has 0 spiro atoms. The van der Waals surface area contributed by atoms with Crippen molar-refractivity contribution in [1.82, 2.24) is 10.0 Å². The number of halogens is 1. The van der Waals surface area contributed by atoms with Gasteiger partial charge in [0.15, 0.2) is 0 Å². The first-order valence-corrected chi connectivity index (χ1v) is 9.31. The van der Waals surface area contributed by atoms with Crippen molar-refractivity contribution in [3.05, 3.63) is 18.2 Å². The molecule has 1 saturated carbocycles. The van der Waals surface area contributed by atoms with Crippen LogP contribution in [0.4, 0.5) is 11.4 Å². The normalized spacial score (nSPS) is 15.9. The summed E-state index contributed by atoms with van der Waals surface area (Å²) < 4.78 is 26.8. The third-order valence-electron chi connectivity index (χ3n) is 3.97. The zero-order valence-corrected chi connectivity index (χ0v) is 15.1. The quantitative estimate of drug-likeness (QED) is 0.439. The molecule has 0 bridgehead atoms. The molecule has 0 aliphatic heterocycles. The molecule has 1 fully saturated rings. The van der Waals surface area contributed by atoms with E-state index in [2.05, 4.69) is 15.4 Å². The van der Waals surface area contributed by atoms with Gasteiger partial charge >= 0.3 is 0 Å². The van der Waals surface area contributed by atoms with Crippen molar-refractivity contribution in [3.63, 3.8) is 0 Å². The molecule has 1 aromatic carbocycles. The Morgan fingerprint density at radius 2 is 1.87 bits per heavy atom. The standard InChI is InChI=1S/C15H26N4O2S.ClH/c1-17-9-10-18-22(20,21)13-7-8-15(14(16)11-13)19-12-5-3-2-4-6-12;/h7-8,11-12,17-19H,2-6,9-10,16H2,1H3;1H. The lowest BCUT2D eigenvalue weighted by atomic mass is 9.95. The molecule has 6 nitrogen and oxygen atoms in total. The lowest BCUT2D eigenvalue weighted by Crippen LogP contribution is -2.30. The Hall–Kier alpha value is -1.02. The van der Waals surface area contributed by atoms with E-state index in [1.807, 2.05) is 0 Å². The second-order valence-corrected chi connectivity index (χ2v) is 7.50. The Morgan fingerprint density at radius 3 is 2.48 bits per heavy atom. The minimum Gasteiger partial charge on any atom is -0.397 e. The molecule has 0 amide bonds. The summed E-state index contributed by atoms with van der Waals surface area (Å²) in [6.07, 6.45) is 6.05. The van der Waals surface area contributed by atoms with Gasteiger partial charge in [-0.05, 0) is 38.1 Å². The molecule has 23 heavy (non-hydrogen) atoms. The number of rotatable bonds is 7. The smallest absolute Gasteiger partial charge is 0.240 e. The molecule has 132 valence electrons. The lowest BCUT2D eigenvalue weighted by Gasteiger charge is -2.24. The maximum atomic E-state index is 12.1. The molecule has 1 aliphatic rings. The van der Waals surface area contributed by atoms with Crippen LogP contribution in [0.5, 0.6) is 0 Å². The highest BCUT2D eigenvalue weighted by Gasteiger charge is 2.17. The number of hydrogen-bond acceptors (Lipinski definition) is 5. The molecule has 5 N–H and O–H groups in total. The molecule has 1 aliphatic carbocycles. The topological polar surface area (TPSA) is 96.2 Å². The van der Waals surface area contributed by atoms with Gasteiger partial charge in [-0.3, -0.25) is 0 Å². The molecule has 8 heteroatoms. The first kappa shape index (κ1) is 20.0. The first-order valence-electron chi connectivity index (χ1n) is 7.83. The van der Waals surface area contributed by atoms with Crippen LogP contribution in [0.15, 0.2) is 23.1 Å². The van der Waals surface area contributed by atoms with Crippen LogP contribution >= 0.6 is 12.4 Å². The number of sulfonamides is 1. The number of hydrogen-bond donors (Lipinski definition) is 4. The van der Waals surface area contributed by atoms with Crippen LogP contribution in [0.1, 0.15) is 32.1 Å². The van der Waals surface area contributed by atoms with Crippen molar-refractivity contribution in [2.75, 3.05) is 31.2 Å². The van der Waals surface area contributed by atoms with Gasteiger partial charge in [0.05, 0.1) is 16.3 Å². The molecule has 0 radical (unpaired) electrons. The summed E-state index contributed by atoms with van der Waals surface area (Å²) in [4.78, 5) is 0.204.